The van der Waals surface area contributed by atoms with E-state index in [0.29, 0.717) is 19.7 Å². The molecule has 26 heavy (non-hydrogen) atoms. The summed E-state index contributed by atoms with van der Waals surface area (Å²) in [6, 6.07) is 13.8. The van der Waals surface area contributed by atoms with E-state index in [0.717, 1.165) is 16.3 Å². The maximum absolute atomic E-state index is 12.1. The second-order valence-corrected chi connectivity index (χ2v) is 7.02. The first-order valence-corrected chi connectivity index (χ1v) is 9.25. The highest BCUT2D eigenvalue weighted by Crippen LogP contribution is 2.21. The zero-order chi connectivity index (χ0) is 17.8. The van der Waals surface area contributed by atoms with E-state index in [1.807, 2.05) is 64.8 Å². The molecule has 0 atom stereocenters. The molecule has 6 nitrogen and oxygen atoms in total. The second kappa shape index (κ2) is 7.53. The average Bonchev–Trinajstić information content (AvgIpc) is 3.30. The molecule has 1 aromatic carbocycles. The van der Waals surface area contributed by atoms with Gasteiger partial charge >= 0.3 is 0 Å². The summed E-state index contributed by atoms with van der Waals surface area (Å²) < 4.78 is 7.49. The molecule has 0 bridgehead atoms. The molecular weight excluding hydrogens is 348 g/mol. The van der Waals surface area contributed by atoms with E-state index >= 15 is 0 Å². The molecule has 1 aliphatic rings. The number of rotatable bonds is 6. The lowest BCUT2D eigenvalue weighted by atomic mass is 10.1. The maximum Gasteiger partial charge on any atom is 0.246 e. The Balaban J connectivity index is 1.26. The third-order valence-electron chi connectivity index (χ3n) is 4.17. The summed E-state index contributed by atoms with van der Waals surface area (Å²) in [4.78, 5) is 15.0. The van der Waals surface area contributed by atoms with Gasteiger partial charge in [0.2, 0.25) is 5.91 Å². The fourth-order valence-corrected chi connectivity index (χ4v) is 3.30. The van der Waals surface area contributed by atoms with Crippen LogP contribution in [0.1, 0.15) is 16.6 Å². The molecule has 1 saturated heterocycles. The van der Waals surface area contributed by atoms with Crippen molar-refractivity contribution in [1.29, 1.82) is 0 Å². The van der Waals surface area contributed by atoms with Crippen molar-refractivity contribution in [1.82, 2.24) is 19.9 Å². The first-order valence-electron chi connectivity index (χ1n) is 8.37. The van der Waals surface area contributed by atoms with Crippen molar-refractivity contribution in [3.05, 3.63) is 70.7 Å². The fourth-order valence-electron chi connectivity index (χ4n) is 2.68. The molecule has 0 aliphatic carbocycles. The molecule has 3 aromatic rings. The lowest BCUT2D eigenvalue weighted by molar-refractivity contribution is -0.131. The van der Waals surface area contributed by atoms with Crippen LogP contribution in [-0.2, 0) is 11.4 Å². The van der Waals surface area contributed by atoms with Crippen LogP contribution in [0, 0.1) is 0 Å². The number of ether oxygens (including phenoxy) is 1. The van der Waals surface area contributed by atoms with Crippen molar-refractivity contribution < 1.29 is 9.53 Å². The van der Waals surface area contributed by atoms with Crippen LogP contribution in [-0.4, -0.2) is 38.9 Å². The van der Waals surface area contributed by atoms with Crippen LogP contribution in [0.2, 0.25) is 0 Å². The number of carbonyl (C=O) groups is 1. The van der Waals surface area contributed by atoms with Crippen LogP contribution in [0.4, 0.5) is 0 Å². The van der Waals surface area contributed by atoms with Crippen molar-refractivity contribution in [2.45, 2.75) is 12.6 Å². The largest absolute Gasteiger partial charge is 0.487 e. The molecule has 0 unspecified atom stereocenters. The number of hydrogen-bond donors (Lipinski definition) is 0. The van der Waals surface area contributed by atoms with Gasteiger partial charge in [-0.05, 0) is 29.7 Å². The van der Waals surface area contributed by atoms with Crippen molar-refractivity contribution >= 4 is 23.3 Å². The van der Waals surface area contributed by atoms with Gasteiger partial charge in [0.1, 0.15) is 18.1 Å². The molecule has 1 aliphatic heterocycles. The predicted molar refractivity (Wildman–Crippen MR) is 99.8 cm³/mol. The molecule has 4 rings (SSSR count). The average molecular weight is 366 g/mol. The van der Waals surface area contributed by atoms with Crippen LogP contribution < -0.4 is 4.74 Å². The number of aromatic nitrogens is 3. The highest BCUT2D eigenvalue weighted by molar-refractivity contribution is 7.10. The van der Waals surface area contributed by atoms with Crippen molar-refractivity contribution in [3.63, 3.8) is 0 Å². The number of hydrogen-bond acceptors (Lipinski definition) is 5. The molecule has 2 aromatic heterocycles. The third-order valence-corrected chi connectivity index (χ3v) is 5.01. The van der Waals surface area contributed by atoms with Gasteiger partial charge in [-0.25, -0.2) is 4.68 Å². The Morgan fingerprint density at radius 2 is 2.08 bits per heavy atom. The fraction of sp³-hybridized carbons (Fsp3) is 0.211. The summed E-state index contributed by atoms with van der Waals surface area (Å²) in [6.07, 6.45) is 5.37. The lowest BCUT2D eigenvalue weighted by Crippen LogP contribution is -2.50. The number of para-hydroxylation sites is 1. The molecule has 0 spiro atoms. The Kier molecular flexibility index (Phi) is 4.79. The molecule has 0 radical (unpaired) electrons. The summed E-state index contributed by atoms with van der Waals surface area (Å²) in [5, 5.41) is 10.3. The summed E-state index contributed by atoms with van der Waals surface area (Å²) in [7, 11) is 0. The topological polar surface area (TPSA) is 60.2 Å². The highest BCUT2D eigenvalue weighted by atomic mass is 32.1. The van der Waals surface area contributed by atoms with Crippen LogP contribution in [0.15, 0.2) is 60.1 Å². The molecule has 1 fully saturated rings. The van der Waals surface area contributed by atoms with Crippen molar-refractivity contribution in [3.8, 4) is 5.75 Å². The van der Waals surface area contributed by atoms with Crippen molar-refractivity contribution in [2.24, 2.45) is 0 Å². The highest BCUT2D eigenvalue weighted by Gasteiger charge is 2.31. The van der Waals surface area contributed by atoms with Gasteiger partial charge < -0.3 is 9.64 Å². The van der Waals surface area contributed by atoms with E-state index < -0.39 is 0 Å². The minimum atomic E-state index is 0.0300. The van der Waals surface area contributed by atoms with E-state index in [9.17, 15) is 4.79 Å². The molecule has 132 valence electrons. The Hall–Kier alpha value is -2.93. The van der Waals surface area contributed by atoms with Gasteiger partial charge in [0.15, 0.2) is 0 Å². The molecule has 1 amide bonds. The zero-order valence-electron chi connectivity index (χ0n) is 14.1. The van der Waals surface area contributed by atoms with Gasteiger partial charge in [-0.15, -0.1) is 16.4 Å². The minimum Gasteiger partial charge on any atom is -0.487 e. The quantitative estimate of drug-likeness (QED) is 0.629. The Labute approximate surface area is 155 Å². The Morgan fingerprint density at radius 1 is 1.23 bits per heavy atom. The number of nitrogens with zero attached hydrogens (tertiary/aromatic N) is 4. The van der Waals surface area contributed by atoms with Gasteiger partial charge in [0.25, 0.3) is 0 Å². The third kappa shape index (κ3) is 3.83. The summed E-state index contributed by atoms with van der Waals surface area (Å²) >= 11 is 1.61. The summed E-state index contributed by atoms with van der Waals surface area (Å²) in [6.45, 7) is 1.68. The van der Waals surface area contributed by atoms with E-state index in [1.54, 1.807) is 22.3 Å². The van der Waals surface area contributed by atoms with Gasteiger partial charge in [0, 0.05) is 24.0 Å². The number of benzene rings is 1. The van der Waals surface area contributed by atoms with Gasteiger partial charge in [-0.3, -0.25) is 4.79 Å². The summed E-state index contributed by atoms with van der Waals surface area (Å²) in [5.41, 5.74) is 0.774. The van der Waals surface area contributed by atoms with Crippen molar-refractivity contribution in [2.75, 3.05) is 13.1 Å². The van der Waals surface area contributed by atoms with E-state index in [-0.39, 0.29) is 11.9 Å². The van der Waals surface area contributed by atoms with Crippen LogP contribution >= 0.6 is 11.3 Å². The first-order chi connectivity index (χ1) is 12.8. The second-order valence-electron chi connectivity index (χ2n) is 6.04. The zero-order valence-corrected chi connectivity index (χ0v) is 14.9. The number of thiophene rings is 1. The van der Waals surface area contributed by atoms with Gasteiger partial charge in [-0.2, -0.15) is 0 Å². The Bertz CT molecular complexity index is 883. The minimum absolute atomic E-state index is 0.0300. The standard InChI is InChI=1S/C19H18N4O2S/c24-19(9-8-18-7-4-10-26-18)22-12-16(13-22)23-11-15(20-21-23)14-25-17-5-2-1-3-6-17/h1-11,16H,12-14H2. The number of likely N-dealkylation sites (tertiary alicyclic amines) is 1. The molecule has 0 saturated carbocycles. The predicted octanol–water partition coefficient (Wildman–Crippen LogP) is 3.02. The van der Waals surface area contributed by atoms with Crippen LogP contribution in [0.5, 0.6) is 5.75 Å². The smallest absolute Gasteiger partial charge is 0.246 e. The molecule has 0 N–H and O–H groups in total. The lowest BCUT2D eigenvalue weighted by Gasteiger charge is -2.38. The SMILES string of the molecule is O=C(C=Cc1cccs1)N1CC(n2cc(COc3ccccc3)nn2)C1. The Morgan fingerprint density at radius 3 is 2.85 bits per heavy atom. The van der Waals surface area contributed by atoms with Crippen LogP contribution in [0.3, 0.4) is 0 Å². The number of carbonyl (C=O) groups excluding carboxylic acids is 1. The monoisotopic (exact) mass is 366 g/mol. The normalized spacial score (nSPS) is 14.5. The van der Waals surface area contributed by atoms with Gasteiger partial charge in [0.05, 0.1) is 12.2 Å². The van der Waals surface area contributed by atoms with E-state index in [1.165, 1.54) is 0 Å². The first kappa shape index (κ1) is 16.5. The van der Waals surface area contributed by atoms with Crippen LogP contribution in [0.25, 0.3) is 6.08 Å². The molecule has 3 heterocycles. The maximum atomic E-state index is 12.1. The number of amides is 1. The summed E-state index contributed by atoms with van der Waals surface area (Å²) in [5.74, 6) is 0.836. The molecular formula is C19H18N4O2S. The van der Waals surface area contributed by atoms with Gasteiger partial charge in [-0.1, -0.05) is 29.5 Å². The molecule has 7 heteroatoms. The van der Waals surface area contributed by atoms with E-state index in [2.05, 4.69) is 10.3 Å². The van der Waals surface area contributed by atoms with E-state index in [4.69, 9.17) is 4.74 Å².